The summed E-state index contributed by atoms with van der Waals surface area (Å²) in [6.07, 6.45) is 1.15. The lowest BCUT2D eigenvalue weighted by molar-refractivity contribution is -0.140. The van der Waals surface area contributed by atoms with E-state index in [9.17, 15) is 9.59 Å². The predicted molar refractivity (Wildman–Crippen MR) is 98.0 cm³/mol. The lowest BCUT2D eigenvalue weighted by atomic mass is 9.52. The number of hydrogen-bond acceptors (Lipinski definition) is 4. The number of anilines is 1. The minimum atomic E-state index is -0.131. The number of methoxy groups -OCH3 is 1. The highest BCUT2D eigenvalue weighted by atomic mass is 32.1. The molecule has 2 atom stereocenters. The topological polar surface area (TPSA) is 67.4 Å². The molecule has 0 spiro atoms. The molecule has 1 amide bonds. The number of Topliss-reactive ketones (excluding diaryl/α,β-unsaturated/α-hetero) is 1. The smallest absolute Gasteiger partial charge is 0.226 e. The minimum absolute atomic E-state index is 0.0553. The van der Waals surface area contributed by atoms with Crippen molar-refractivity contribution in [3.05, 3.63) is 24.3 Å². The zero-order valence-corrected chi connectivity index (χ0v) is 15.3. The van der Waals surface area contributed by atoms with E-state index in [-0.39, 0.29) is 34.1 Å². The fraction of sp³-hybridized carbons (Fsp3) is 0.500. The van der Waals surface area contributed by atoms with Gasteiger partial charge in [0.2, 0.25) is 5.91 Å². The van der Waals surface area contributed by atoms with Crippen LogP contribution in [0.4, 0.5) is 5.69 Å². The molecular weight excluding hydrogens is 324 g/mol. The Kier molecular flexibility index (Phi) is 5.59. The molecular formula is C18H24N2O3S. The molecule has 1 aliphatic rings. The molecule has 0 saturated heterocycles. The number of rotatable bonds is 5. The highest BCUT2D eigenvalue weighted by Gasteiger charge is 2.50. The maximum absolute atomic E-state index is 12.2. The van der Waals surface area contributed by atoms with Crippen molar-refractivity contribution in [2.24, 2.45) is 17.3 Å². The van der Waals surface area contributed by atoms with Gasteiger partial charge in [-0.15, -0.1) is 0 Å². The summed E-state index contributed by atoms with van der Waals surface area (Å²) in [6, 6.07) is 7.27. The van der Waals surface area contributed by atoms with Crippen molar-refractivity contribution in [2.45, 2.75) is 33.6 Å². The summed E-state index contributed by atoms with van der Waals surface area (Å²) >= 11 is 5.17. The number of ketones is 1. The van der Waals surface area contributed by atoms with Crippen molar-refractivity contribution in [1.29, 1.82) is 0 Å². The van der Waals surface area contributed by atoms with Crippen molar-refractivity contribution in [3.8, 4) is 5.75 Å². The van der Waals surface area contributed by atoms with Gasteiger partial charge >= 0.3 is 0 Å². The second-order valence-electron chi connectivity index (χ2n) is 6.85. The highest BCUT2D eigenvalue weighted by molar-refractivity contribution is 7.80. The third kappa shape index (κ3) is 4.12. The van der Waals surface area contributed by atoms with Crippen molar-refractivity contribution < 1.29 is 14.3 Å². The van der Waals surface area contributed by atoms with E-state index in [1.807, 2.05) is 24.3 Å². The molecule has 24 heavy (non-hydrogen) atoms. The first-order valence-electron chi connectivity index (χ1n) is 7.99. The fourth-order valence-electron chi connectivity index (χ4n) is 3.29. The van der Waals surface area contributed by atoms with Gasteiger partial charge in [-0.2, -0.15) is 0 Å². The Labute approximate surface area is 148 Å². The largest absolute Gasteiger partial charge is 0.497 e. The molecule has 1 aromatic rings. The second-order valence-corrected chi connectivity index (χ2v) is 7.26. The molecule has 0 aliphatic heterocycles. The zero-order chi connectivity index (χ0) is 17.9. The van der Waals surface area contributed by atoms with Crippen molar-refractivity contribution in [3.63, 3.8) is 0 Å². The number of amides is 1. The summed E-state index contributed by atoms with van der Waals surface area (Å²) in [5.41, 5.74) is 0.649. The summed E-state index contributed by atoms with van der Waals surface area (Å²) in [4.78, 5) is 23.7. The van der Waals surface area contributed by atoms with Gasteiger partial charge in [-0.3, -0.25) is 9.59 Å². The quantitative estimate of drug-likeness (QED) is 0.800. The first kappa shape index (κ1) is 18.4. The average molecular weight is 348 g/mol. The van der Waals surface area contributed by atoms with Gasteiger partial charge in [0.25, 0.3) is 0 Å². The van der Waals surface area contributed by atoms with Crippen LogP contribution in [-0.4, -0.2) is 23.9 Å². The number of nitrogens with one attached hydrogen (secondary N) is 2. The molecule has 2 rings (SSSR count). The van der Waals surface area contributed by atoms with Gasteiger partial charge < -0.3 is 15.4 Å². The number of carbonyl (C=O) groups excluding carboxylic acids is 2. The van der Waals surface area contributed by atoms with Gasteiger partial charge in [0.05, 0.1) is 7.11 Å². The van der Waals surface area contributed by atoms with E-state index < -0.39 is 0 Å². The van der Waals surface area contributed by atoms with E-state index in [1.165, 1.54) is 0 Å². The van der Waals surface area contributed by atoms with Crippen molar-refractivity contribution in [2.75, 3.05) is 12.4 Å². The third-order valence-corrected chi connectivity index (χ3v) is 5.20. The van der Waals surface area contributed by atoms with Crippen LogP contribution in [0.5, 0.6) is 5.75 Å². The zero-order valence-electron chi connectivity index (χ0n) is 14.5. The Hall–Kier alpha value is -1.95. The average Bonchev–Trinajstić information content (AvgIpc) is 2.51. The summed E-state index contributed by atoms with van der Waals surface area (Å²) in [5.74, 6) is 1.09. The second kappa shape index (κ2) is 7.30. The number of benzene rings is 1. The van der Waals surface area contributed by atoms with E-state index in [4.69, 9.17) is 17.0 Å². The van der Waals surface area contributed by atoms with Crippen LogP contribution in [0, 0.1) is 17.3 Å². The molecule has 1 saturated carbocycles. The highest BCUT2D eigenvalue weighted by Crippen LogP contribution is 2.53. The molecule has 5 nitrogen and oxygen atoms in total. The maximum atomic E-state index is 12.2. The molecule has 0 unspecified atom stereocenters. The van der Waals surface area contributed by atoms with Crippen LogP contribution in [-0.2, 0) is 9.59 Å². The first-order chi connectivity index (χ1) is 11.2. The molecule has 0 aromatic heterocycles. The van der Waals surface area contributed by atoms with Crippen LogP contribution in [0.3, 0.4) is 0 Å². The molecule has 1 fully saturated rings. The predicted octanol–water partition coefficient (Wildman–Crippen LogP) is 3.15. The van der Waals surface area contributed by atoms with Crippen LogP contribution < -0.4 is 15.4 Å². The monoisotopic (exact) mass is 348 g/mol. The molecule has 6 heteroatoms. The summed E-state index contributed by atoms with van der Waals surface area (Å²) in [7, 11) is 1.60. The third-order valence-electron chi connectivity index (χ3n) is 4.99. The van der Waals surface area contributed by atoms with Crippen molar-refractivity contribution in [1.82, 2.24) is 5.32 Å². The molecule has 0 heterocycles. The van der Waals surface area contributed by atoms with Gasteiger partial charge in [-0.05, 0) is 61.2 Å². The fourth-order valence-corrected chi connectivity index (χ4v) is 3.52. The minimum Gasteiger partial charge on any atom is -0.497 e. The van der Waals surface area contributed by atoms with Crippen LogP contribution in [0.1, 0.15) is 33.6 Å². The van der Waals surface area contributed by atoms with Crippen LogP contribution in [0.15, 0.2) is 24.3 Å². The Balaban J connectivity index is 1.82. The van der Waals surface area contributed by atoms with Gasteiger partial charge in [-0.1, -0.05) is 13.8 Å². The first-order valence-corrected chi connectivity index (χ1v) is 8.40. The normalized spacial score (nSPS) is 21.3. The van der Waals surface area contributed by atoms with E-state index >= 15 is 0 Å². The SMILES string of the molecule is COc1ccc(NC(=S)NC(=O)C[C@@H]2C[C@H](C(C)=O)C2(C)C)cc1. The Morgan fingerprint density at radius 1 is 1.29 bits per heavy atom. The molecule has 0 bridgehead atoms. The maximum Gasteiger partial charge on any atom is 0.226 e. The number of hydrogen-bond donors (Lipinski definition) is 2. The number of ether oxygens (including phenoxy) is 1. The molecule has 2 N–H and O–H groups in total. The lowest BCUT2D eigenvalue weighted by Crippen LogP contribution is -2.50. The van der Waals surface area contributed by atoms with E-state index in [0.717, 1.165) is 17.9 Å². The Bertz CT molecular complexity index is 640. The van der Waals surface area contributed by atoms with Crippen LogP contribution >= 0.6 is 12.2 Å². The molecule has 1 aromatic carbocycles. The van der Waals surface area contributed by atoms with Gasteiger partial charge in [0, 0.05) is 18.0 Å². The molecule has 130 valence electrons. The summed E-state index contributed by atoms with van der Waals surface area (Å²) in [5, 5.41) is 5.94. The van der Waals surface area contributed by atoms with Gasteiger partial charge in [0.15, 0.2) is 5.11 Å². The molecule has 1 aliphatic carbocycles. The number of carbonyl (C=O) groups is 2. The standard InChI is InChI=1S/C18H24N2O3S/c1-11(21)15-9-12(18(15,2)3)10-16(22)20-17(24)19-13-5-7-14(23-4)8-6-13/h5-8,12,15H,9-10H2,1-4H3,(H2,19,20,22,24)/t12-,15+/m0/s1. The van der Waals surface area contributed by atoms with Gasteiger partial charge in [0.1, 0.15) is 11.5 Å². The lowest BCUT2D eigenvalue weighted by Gasteiger charge is -2.51. The van der Waals surface area contributed by atoms with E-state index in [1.54, 1.807) is 14.0 Å². The van der Waals surface area contributed by atoms with E-state index in [2.05, 4.69) is 24.5 Å². The van der Waals surface area contributed by atoms with Crippen LogP contribution in [0.2, 0.25) is 0 Å². The Morgan fingerprint density at radius 3 is 2.42 bits per heavy atom. The summed E-state index contributed by atoms with van der Waals surface area (Å²) < 4.78 is 5.09. The number of thiocarbonyl (C=S) groups is 1. The van der Waals surface area contributed by atoms with Crippen molar-refractivity contribution >= 4 is 34.7 Å². The Morgan fingerprint density at radius 2 is 1.92 bits per heavy atom. The van der Waals surface area contributed by atoms with E-state index in [0.29, 0.717) is 6.42 Å². The molecule has 0 radical (unpaired) electrons. The summed E-state index contributed by atoms with van der Waals surface area (Å²) in [6.45, 7) is 5.72. The van der Waals surface area contributed by atoms with Crippen LogP contribution in [0.25, 0.3) is 0 Å². The van der Waals surface area contributed by atoms with Gasteiger partial charge in [-0.25, -0.2) is 0 Å².